The summed E-state index contributed by atoms with van der Waals surface area (Å²) in [5.74, 6) is 1.89. The Hall–Kier alpha value is -2.41. The lowest BCUT2D eigenvalue weighted by molar-refractivity contribution is 0.396. The summed E-state index contributed by atoms with van der Waals surface area (Å²) in [7, 11) is 1.62. The molecule has 0 spiro atoms. The van der Waals surface area contributed by atoms with Crippen LogP contribution in [0.15, 0.2) is 36.4 Å². The number of hydrogen-bond donors (Lipinski definition) is 2. The summed E-state index contributed by atoms with van der Waals surface area (Å²) in [5, 5.41) is 6.86. The van der Waals surface area contributed by atoms with Crippen molar-refractivity contribution in [3.8, 4) is 5.88 Å². The van der Waals surface area contributed by atoms with Gasteiger partial charge in [0, 0.05) is 25.2 Å². The van der Waals surface area contributed by atoms with Crippen LogP contribution >= 0.6 is 12.2 Å². The van der Waals surface area contributed by atoms with Crippen LogP contribution in [0.25, 0.3) is 0 Å². The molecule has 0 bridgehead atoms. The highest BCUT2D eigenvalue weighted by atomic mass is 32.1. The zero-order valence-electron chi connectivity index (χ0n) is 16.6. The number of thiocarbonyl (C=S) groups is 1. The van der Waals surface area contributed by atoms with E-state index in [1.54, 1.807) is 7.11 Å². The van der Waals surface area contributed by atoms with E-state index in [0.29, 0.717) is 23.0 Å². The SMILES string of the molecule is COc1cc(N2CCCC[C@@H]2C)nc(NC(=S)NCCCc2ccccc2)n1. The maximum atomic E-state index is 5.41. The Balaban J connectivity index is 1.55. The van der Waals surface area contributed by atoms with Crippen molar-refractivity contribution >= 4 is 29.1 Å². The molecule has 150 valence electrons. The number of piperidine rings is 1. The van der Waals surface area contributed by atoms with Crippen LogP contribution in [0.5, 0.6) is 5.88 Å². The second-order valence-electron chi connectivity index (χ2n) is 7.10. The van der Waals surface area contributed by atoms with Gasteiger partial charge in [-0.2, -0.15) is 9.97 Å². The molecular weight excluding hydrogens is 370 g/mol. The maximum absolute atomic E-state index is 5.41. The molecule has 0 unspecified atom stereocenters. The molecule has 1 aromatic carbocycles. The van der Waals surface area contributed by atoms with Gasteiger partial charge in [-0.25, -0.2) is 0 Å². The fourth-order valence-corrected chi connectivity index (χ4v) is 3.64. The van der Waals surface area contributed by atoms with Crippen molar-refractivity contribution in [2.75, 3.05) is 30.4 Å². The van der Waals surface area contributed by atoms with Crippen LogP contribution in [0.3, 0.4) is 0 Å². The molecule has 2 N–H and O–H groups in total. The third kappa shape index (κ3) is 5.79. The molecule has 1 aromatic heterocycles. The first-order valence-electron chi connectivity index (χ1n) is 9.94. The molecule has 3 rings (SSSR count). The van der Waals surface area contributed by atoms with Crippen LogP contribution in [0, 0.1) is 0 Å². The van der Waals surface area contributed by atoms with Crippen molar-refractivity contribution in [2.45, 2.75) is 45.1 Å². The van der Waals surface area contributed by atoms with Crippen molar-refractivity contribution in [3.05, 3.63) is 42.0 Å². The van der Waals surface area contributed by atoms with E-state index in [9.17, 15) is 0 Å². The summed E-state index contributed by atoms with van der Waals surface area (Å²) in [6, 6.07) is 12.8. The molecule has 1 atom stereocenters. The van der Waals surface area contributed by atoms with Gasteiger partial charge in [0.25, 0.3) is 0 Å². The van der Waals surface area contributed by atoms with Crippen LogP contribution in [-0.2, 0) is 6.42 Å². The van der Waals surface area contributed by atoms with Crippen molar-refractivity contribution in [1.29, 1.82) is 0 Å². The lowest BCUT2D eigenvalue weighted by Gasteiger charge is -2.34. The Morgan fingerprint density at radius 3 is 2.82 bits per heavy atom. The van der Waals surface area contributed by atoms with Gasteiger partial charge in [-0.15, -0.1) is 0 Å². The van der Waals surface area contributed by atoms with Gasteiger partial charge in [0.2, 0.25) is 11.8 Å². The highest BCUT2D eigenvalue weighted by molar-refractivity contribution is 7.80. The van der Waals surface area contributed by atoms with Gasteiger partial charge in [-0.3, -0.25) is 0 Å². The van der Waals surface area contributed by atoms with Crippen molar-refractivity contribution in [3.63, 3.8) is 0 Å². The second-order valence-corrected chi connectivity index (χ2v) is 7.51. The quantitative estimate of drug-likeness (QED) is 0.543. The first kappa shape index (κ1) is 20.3. The lowest BCUT2D eigenvalue weighted by atomic mass is 10.0. The van der Waals surface area contributed by atoms with Gasteiger partial charge in [-0.1, -0.05) is 30.3 Å². The predicted octanol–water partition coefficient (Wildman–Crippen LogP) is 3.78. The van der Waals surface area contributed by atoms with Gasteiger partial charge in [0.05, 0.1) is 7.11 Å². The summed E-state index contributed by atoms with van der Waals surface area (Å²) >= 11 is 5.41. The van der Waals surface area contributed by atoms with E-state index in [2.05, 4.69) is 56.7 Å². The Bertz CT molecular complexity index is 771. The summed E-state index contributed by atoms with van der Waals surface area (Å²) in [4.78, 5) is 11.4. The number of benzene rings is 1. The monoisotopic (exact) mass is 399 g/mol. The Morgan fingerprint density at radius 1 is 1.25 bits per heavy atom. The fraction of sp³-hybridized carbons (Fsp3) is 0.476. The van der Waals surface area contributed by atoms with E-state index in [0.717, 1.165) is 31.7 Å². The number of methoxy groups -OCH3 is 1. The van der Waals surface area contributed by atoms with Crippen LogP contribution in [-0.4, -0.2) is 41.3 Å². The van der Waals surface area contributed by atoms with Crippen LogP contribution in [0.1, 0.15) is 38.2 Å². The maximum Gasteiger partial charge on any atom is 0.234 e. The second kappa shape index (κ2) is 10.2. The number of rotatable bonds is 7. The van der Waals surface area contributed by atoms with Gasteiger partial charge in [-0.05, 0) is 56.8 Å². The number of aryl methyl sites for hydroxylation is 1. The van der Waals surface area contributed by atoms with Gasteiger partial charge < -0.3 is 20.3 Å². The van der Waals surface area contributed by atoms with E-state index < -0.39 is 0 Å². The summed E-state index contributed by atoms with van der Waals surface area (Å²) in [6.45, 7) is 4.03. The number of hydrogen-bond acceptors (Lipinski definition) is 5. The predicted molar refractivity (Wildman–Crippen MR) is 118 cm³/mol. The molecule has 6 nitrogen and oxygen atoms in total. The molecule has 1 aliphatic rings. The minimum Gasteiger partial charge on any atom is -0.481 e. The van der Waals surface area contributed by atoms with E-state index in [1.807, 2.05) is 12.1 Å². The number of nitrogens with zero attached hydrogens (tertiary/aromatic N) is 3. The Kier molecular flexibility index (Phi) is 7.42. The van der Waals surface area contributed by atoms with Gasteiger partial charge >= 0.3 is 0 Å². The molecule has 0 aliphatic carbocycles. The van der Waals surface area contributed by atoms with Gasteiger partial charge in [0.1, 0.15) is 5.82 Å². The largest absolute Gasteiger partial charge is 0.481 e. The standard InChI is InChI=1S/C21H29N5OS/c1-16-9-6-7-14-26(16)18-15-19(27-2)24-20(23-18)25-21(28)22-13-8-12-17-10-4-3-5-11-17/h3-5,10-11,15-16H,6-9,12-14H2,1-2H3,(H2,22,23,24,25,28)/t16-/m0/s1. The summed E-state index contributed by atoms with van der Waals surface area (Å²) < 4.78 is 5.37. The zero-order chi connectivity index (χ0) is 19.8. The minimum atomic E-state index is 0.462. The third-order valence-corrected chi connectivity index (χ3v) is 5.24. The normalized spacial score (nSPS) is 16.5. The first-order chi connectivity index (χ1) is 13.7. The number of anilines is 2. The molecule has 7 heteroatoms. The van der Waals surface area contributed by atoms with E-state index >= 15 is 0 Å². The molecule has 1 saturated heterocycles. The molecule has 1 fully saturated rings. The smallest absolute Gasteiger partial charge is 0.234 e. The minimum absolute atomic E-state index is 0.462. The molecule has 2 aromatic rings. The molecule has 0 radical (unpaired) electrons. The molecule has 28 heavy (non-hydrogen) atoms. The molecule has 2 heterocycles. The molecule has 1 aliphatic heterocycles. The van der Waals surface area contributed by atoms with Crippen molar-refractivity contribution in [1.82, 2.24) is 15.3 Å². The number of nitrogens with one attached hydrogen (secondary N) is 2. The van der Waals surface area contributed by atoms with Crippen LogP contribution < -0.4 is 20.3 Å². The summed E-state index contributed by atoms with van der Waals surface area (Å²) in [5.41, 5.74) is 1.33. The fourth-order valence-electron chi connectivity index (χ4n) is 3.44. The van der Waals surface area contributed by atoms with Crippen molar-refractivity contribution in [2.24, 2.45) is 0 Å². The molecule has 0 amide bonds. The number of aromatic nitrogens is 2. The van der Waals surface area contributed by atoms with Gasteiger partial charge in [0.15, 0.2) is 5.11 Å². The zero-order valence-corrected chi connectivity index (χ0v) is 17.5. The van der Waals surface area contributed by atoms with Crippen molar-refractivity contribution < 1.29 is 4.74 Å². The average molecular weight is 400 g/mol. The van der Waals surface area contributed by atoms with E-state index in [1.165, 1.54) is 24.8 Å². The first-order valence-corrected chi connectivity index (χ1v) is 10.3. The number of ether oxygens (including phenoxy) is 1. The van der Waals surface area contributed by atoms with Crippen LogP contribution in [0.4, 0.5) is 11.8 Å². The highest BCUT2D eigenvalue weighted by Gasteiger charge is 2.21. The summed E-state index contributed by atoms with van der Waals surface area (Å²) in [6.07, 6.45) is 5.64. The highest BCUT2D eigenvalue weighted by Crippen LogP contribution is 2.26. The average Bonchev–Trinajstić information content (AvgIpc) is 2.72. The topological polar surface area (TPSA) is 62.3 Å². The molecule has 0 saturated carbocycles. The lowest BCUT2D eigenvalue weighted by Crippen LogP contribution is -2.38. The Morgan fingerprint density at radius 2 is 2.07 bits per heavy atom. The molecular formula is C21H29N5OS. The van der Waals surface area contributed by atoms with Crippen LogP contribution in [0.2, 0.25) is 0 Å². The Labute approximate surface area is 172 Å². The van der Waals surface area contributed by atoms with E-state index in [-0.39, 0.29) is 0 Å². The van der Waals surface area contributed by atoms with E-state index in [4.69, 9.17) is 17.0 Å². The third-order valence-electron chi connectivity index (χ3n) is 4.99.